The van der Waals surface area contributed by atoms with Crippen LogP contribution in [0.3, 0.4) is 0 Å². The fraction of sp³-hybridized carbons (Fsp3) is 0.405. The van der Waals surface area contributed by atoms with Crippen molar-refractivity contribution in [2.45, 2.75) is 97.3 Å². The molecule has 0 radical (unpaired) electrons. The molecule has 3 rings (SSSR count). The van der Waals surface area contributed by atoms with Crippen LogP contribution in [0.1, 0.15) is 118 Å². The molecule has 0 aliphatic heterocycles. The average molecular weight is 507 g/mol. The summed E-state index contributed by atoms with van der Waals surface area (Å²) in [5.41, 5.74) is 5.61. The lowest BCUT2D eigenvalue weighted by molar-refractivity contribution is 0.589. The van der Waals surface area contributed by atoms with Crippen molar-refractivity contribution in [2.75, 3.05) is 0 Å². The first-order valence-corrected chi connectivity index (χ1v) is 14.7. The molecule has 0 atom stereocenters. The third-order valence-electron chi connectivity index (χ3n) is 6.96. The highest BCUT2D eigenvalue weighted by Crippen LogP contribution is 2.13. The number of aryl methyl sites for hydroxylation is 2. The fourth-order valence-electron chi connectivity index (χ4n) is 4.53. The minimum absolute atomic E-state index is 0.331. The lowest BCUT2D eigenvalue weighted by Gasteiger charge is -2.02. The van der Waals surface area contributed by atoms with E-state index in [0.717, 1.165) is 24.0 Å². The number of halogens is 1. The van der Waals surface area contributed by atoms with E-state index in [1.54, 1.807) is 6.07 Å². The van der Waals surface area contributed by atoms with Crippen molar-refractivity contribution >= 4 is 0 Å². The predicted molar refractivity (Wildman–Crippen MR) is 161 cm³/mol. The summed E-state index contributed by atoms with van der Waals surface area (Å²) >= 11 is 0. The van der Waals surface area contributed by atoms with E-state index in [9.17, 15) is 4.39 Å². The monoisotopic (exact) mass is 506 g/mol. The van der Waals surface area contributed by atoms with Gasteiger partial charge in [0.25, 0.3) is 0 Å². The fourth-order valence-corrected chi connectivity index (χ4v) is 4.53. The molecule has 0 bridgehead atoms. The molecular weight excluding hydrogens is 463 g/mol. The molecule has 0 unspecified atom stereocenters. The van der Waals surface area contributed by atoms with Crippen LogP contribution in [-0.2, 0) is 12.8 Å². The SMILES string of the molecule is CCCCCCCCCc1ccc(C#Cc2ccc(C#Cc3ccc(CCCCCC)cc3)cc2F)cc1. The van der Waals surface area contributed by atoms with Crippen LogP contribution in [0.15, 0.2) is 66.7 Å². The van der Waals surface area contributed by atoms with Crippen molar-refractivity contribution in [1.82, 2.24) is 0 Å². The Bertz CT molecular complexity index is 1210. The molecule has 0 aliphatic carbocycles. The number of benzene rings is 3. The molecule has 3 aromatic carbocycles. The van der Waals surface area contributed by atoms with Gasteiger partial charge in [-0.3, -0.25) is 0 Å². The Balaban J connectivity index is 1.49. The number of rotatable bonds is 13. The van der Waals surface area contributed by atoms with Gasteiger partial charge in [0.2, 0.25) is 0 Å². The van der Waals surface area contributed by atoms with Crippen LogP contribution in [0.25, 0.3) is 0 Å². The highest BCUT2D eigenvalue weighted by atomic mass is 19.1. The van der Waals surface area contributed by atoms with Crippen LogP contribution in [0.5, 0.6) is 0 Å². The Morgan fingerprint density at radius 2 is 0.895 bits per heavy atom. The topological polar surface area (TPSA) is 0 Å². The van der Waals surface area contributed by atoms with Crippen LogP contribution < -0.4 is 0 Å². The number of hydrogen-bond acceptors (Lipinski definition) is 0. The van der Waals surface area contributed by atoms with Gasteiger partial charge in [-0.2, -0.15) is 0 Å². The van der Waals surface area contributed by atoms with E-state index >= 15 is 0 Å². The first-order chi connectivity index (χ1) is 18.7. The molecule has 198 valence electrons. The Morgan fingerprint density at radius 1 is 0.474 bits per heavy atom. The van der Waals surface area contributed by atoms with Gasteiger partial charge in [-0.1, -0.05) is 120 Å². The van der Waals surface area contributed by atoms with Gasteiger partial charge in [-0.15, -0.1) is 0 Å². The highest BCUT2D eigenvalue weighted by molar-refractivity contribution is 5.49. The summed E-state index contributed by atoms with van der Waals surface area (Å²) in [5.74, 6) is 12.0. The van der Waals surface area contributed by atoms with Gasteiger partial charge in [-0.25, -0.2) is 4.39 Å². The summed E-state index contributed by atoms with van der Waals surface area (Å²) in [7, 11) is 0. The molecule has 0 aromatic heterocycles. The van der Waals surface area contributed by atoms with Crippen molar-refractivity contribution in [3.05, 3.63) is 106 Å². The smallest absolute Gasteiger partial charge is 0.140 e. The Labute approximate surface area is 231 Å². The van der Waals surface area contributed by atoms with Crippen molar-refractivity contribution in [3.63, 3.8) is 0 Å². The number of unbranched alkanes of at least 4 members (excludes halogenated alkanes) is 9. The second kappa shape index (κ2) is 17.3. The minimum Gasteiger partial charge on any atom is -0.206 e. The van der Waals surface area contributed by atoms with E-state index in [1.807, 2.05) is 18.2 Å². The third-order valence-corrected chi connectivity index (χ3v) is 6.96. The zero-order chi connectivity index (χ0) is 26.8. The van der Waals surface area contributed by atoms with Gasteiger partial charge in [0.15, 0.2) is 0 Å². The van der Waals surface area contributed by atoms with Crippen molar-refractivity contribution < 1.29 is 4.39 Å². The zero-order valence-corrected chi connectivity index (χ0v) is 23.4. The minimum atomic E-state index is -0.331. The van der Waals surface area contributed by atoms with E-state index in [1.165, 1.54) is 87.8 Å². The summed E-state index contributed by atoms with van der Waals surface area (Å²) in [5, 5.41) is 0. The summed E-state index contributed by atoms with van der Waals surface area (Å²) in [6, 6.07) is 21.8. The molecule has 0 nitrogen and oxygen atoms in total. The third kappa shape index (κ3) is 11.0. The standard InChI is InChI=1S/C37H43F/c1-3-5-7-9-10-11-13-15-32-18-22-34(23-19-32)26-28-36-29-27-35(30-37(36)38)25-24-33-20-16-31(17-21-33)14-12-8-6-4-2/h16-23,27,29-30H,3-15H2,1-2H3. The van der Waals surface area contributed by atoms with Crippen molar-refractivity contribution in [1.29, 1.82) is 0 Å². The zero-order valence-electron chi connectivity index (χ0n) is 23.4. The summed E-state index contributed by atoms with van der Waals surface area (Å²) in [4.78, 5) is 0. The second-order valence-corrected chi connectivity index (χ2v) is 10.3. The van der Waals surface area contributed by atoms with E-state index in [0.29, 0.717) is 11.1 Å². The van der Waals surface area contributed by atoms with Crippen molar-refractivity contribution in [2.24, 2.45) is 0 Å². The van der Waals surface area contributed by atoms with Gasteiger partial charge < -0.3 is 0 Å². The van der Waals surface area contributed by atoms with Crippen LogP contribution in [0.4, 0.5) is 4.39 Å². The second-order valence-electron chi connectivity index (χ2n) is 10.3. The van der Waals surface area contributed by atoms with Crippen LogP contribution >= 0.6 is 0 Å². The summed E-state index contributed by atoms with van der Waals surface area (Å²) in [6.07, 6.45) is 16.6. The van der Waals surface area contributed by atoms with E-state index in [2.05, 4.69) is 73.9 Å². The summed E-state index contributed by atoms with van der Waals surface area (Å²) in [6.45, 7) is 4.49. The Morgan fingerprint density at radius 3 is 1.42 bits per heavy atom. The predicted octanol–water partition coefficient (Wildman–Crippen LogP) is 10.0. The Hall–Kier alpha value is -3.29. The molecule has 0 amide bonds. The van der Waals surface area contributed by atoms with E-state index < -0.39 is 0 Å². The Kier molecular flexibility index (Phi) is 13.3. The molecule has 3 aromatic rings. The van der Waals surface area contributed by atoms with Gasteiger partial charge in [0.05, 0.1) is 5.56 Å². The van der Waals surface area contributed by atoms with E-state index in [-0.39, 0.29) is 5.82 Å². The van der Waals surface area contributed by atoms with Crippen LogP contribution in [0.2, 0.25) is 0 Å². The van der Waals surface area contributed by atoms with Gasteiger partial charge >= 0.3 is 0 Å². The lowest BCUT2D eigenvalue weighted by Crippen LogP contribution is -1.88. The molecule has 0 aliphatic rings. The molecule has 0 saturated carbocycles. The van der Waals surface area contributed by atoms with Gasteiger partial charge in [-0.05, 0) is 79.3 Å². The van der Waals surface area contributed by atoms with Crippen LogP contribution in [0, 0.1) is 29.5 Å². The van der Waals surface area contributed by atoms with Gasteiger partial charge in [0.1, 0.15) is 5.82 Å². The first kappa shape index (κ1) is 29.3. The highest BCUT2D eigenvalue weighted by Gasteiger charge is 2.01. The molecule has 0 heterocycles. The van der Waals surface area contributed by atoms with Crippen molar-refractivity contribution in [3.8, 4) is 23.7 Å². The molecule has 0 fully saturated rings. The largest absolute Gasteiger partial charge is 0.206 e. The van der Waals surface area contributed by atoms with Crippen LogP contribution in [-0.4, -0.2) is 0 Å². The molecular formula is C37H43F. The maximum atomic E-state index is 14.7. The maximum Gasteiger partial charge on any atom is 0.140 e. The first-order valence-electron chi connectivity index (χ1n) is 14.7. The number of hydrogen-bond donors (Lipinski definition) is 0. The molecule has 0 spiro atoms. The molecule has 0 saturated heterocycles. The lowest BCUT2D eigenvalue weighted by atomic mass is 10.0. The normalized spacial score (nSPS) is 10.4. The summed E-state index contributed by atoms with van der Waals surface area (Å²) < 4.78 is 14.7. The van der Waals surface area contributed by atoms with E-state index in [4.69, 9.17) is 0 Å². The maximum absolute atomic E-state index is 14.7. The molecule has 38 heavy (non-hydrogen) atoms. The molecule has 1 heteroatoms. The molecule has 0 N–H and O–H groups in total. The van der Waals surface area contributed by atoms with Gasteiger partial charge in [0, 0.05) is 16.7 Å². The quantitative estimate of drug-likeness (QED) is 0.160. The average Bonchev–Trinajstić information content (AvgIpc) is 2.94.